The minimum Gasteiger partial charge on any atom is -0.468 e. The number of fused-ring (bicyclic) bond motifs is 1. The summed E-state index contributed by atoms with van der Waals surface area (Å²) in [6.07, 6.45) is 5.88. The molecule has 0 bridgehead atoms. The molecule has 0 spiro atoms. The maximum absolute atomic E-state index is 14.6. The maximum atomic E-state index is 14.6. The van der Waals surface area contributed by atoms with Crippen molar-refractivity contribution in [1.82, 2.24) is 19.3 Å². The number of hydrogen-bond donors (Lipinski definition) is 1. The molecule has 2 aromatic heterocycles. The summed E-state index contributed by atoms with van der Waals surface area (Å²) in [7, 11) is 5.29. The van der Waals surface area contributed by atoms with E-state index in [4.69, 9.17) is 21.1 Å². The van der Waals surface area contributed by atoms with Crippen LogP contribution in [0.4, 0.5) is 0 Å². The molecule has 0 saturated heterocycles. The zero-order valence-corrected chi connectivity index (χ0v) is 28.0. The lowest BCUT2D eigenvalue weighted by atomic mass is 9.59. The van der Waals surface area contributed by atoms with Crippen LogP contribution in [-0.2, 0) is 11.2 Å². The van der Waals surface area contributed by atoms with Crippen molar-refractivity contribution < 1.29 is 14.3 Å². The molecule has 4 rings (SSSR count). The van der Waals surface area contributed by atoms with Crippen LogP contribution in [0.2, 0.25) is 5.02 Å². The van der Waals surface area contributed by atoms with E-state index in [1.807, 2.05) is 43.4 Å². The Morgan fingerprint density at radius 3 is 2.19 bits per heavy atom. The Kier molecular flexibility index (Phi) is 9.41. The van der Waals surface area contributed by atoms with Gasteiger partial charge in [0.15, 0.2) is 5.65 Å². The highest BCUT2D eigenvalue weighted by atomic mass is 35.5. The standard InChI is InChI=1S/C34H47ClN4O4/c1-20-18-23(33(2,3)4)28(24(19-20)34(5,6)7)43-30(40)27-26(21-13-15-22(35)16-14-21)25(12-11-17-38(8)9)39-29(27)36-31(42-10)37-32(39)41/h11,13-17,20,23-24,28H,12,18-19H2,1-10H3,(H,36,37,41). The second-order valence-corrected chi connectivity index (χ2v) is 14.8. The highest BCUT2D eigenvalue weighted by Gasteiger charge is 2.48. The van der Waals surface area contributed by atoms with E-state index in [2.05, 4.69) is 58.4 Å². The first-order valence-corrected chi connectivity index (χ1v) is 15.4. The van der Waals surface area contributed by atoms with Gasteiger partial charge in [0.1, 0.15) is 11.7 Å². The Bertz CT molecular complexity index is 1520. The quantitative estimate of drug-likeness (QED) is 0.284. The lowest BCUT2D eigenvalue weighted by Crippen LogP contribution is -2.49. The molecule has 1 aromatic carbocycles. The van der Waals surface area contributed by atoms with Crippen molar-refractivity contribution in [3.63, 3.8) is 0 Å². The van der Waals surface area contributed by atoms with Crippen LogP contribution < -0.4 is 10.4 Å². The summed E-state index contributed by atoms with van der Waals surface area (Å²) in [5.41, 5.74) is 1.81. The molecular formula is C34H47ClN4O4. The zero-order chi connectivity index (χ0) is 31.9. The lowest BCUT2D eigenvalue weighted by molar-refractivity contribution is -0.0922. The highest BCUT2D eigenvalue weighted by molar-refractivity contribution is 6.30. The van der Waals surface area contributed by atoms with Crippen molar-refractivity contribution in [2.45, 2.75) is 73.8 Å². The molecule has 0 aliphatic heterocycles. The average Bonchev–Trinajstić information content (AvgIpc) is 3.23. The average molecular weight is 611 g/mol. The molecule has 43 heavy (non-hydrogen) atoms. The number of nitrogens with zero attached hydrogens (tertiary/aromatic N) is 3. The third kappa shape index (κ3) is 6.95. The molecule has 1 aliphatic carbocycles. The van der Waals surface area contributed by atoms with Gasteiger partial charge in [0, 0.05) is 48.6 Å². The Labute approximate surface area is 260 Å². The van der Waals surface area contributed by atoms with Crippen molar-refractivity contribution in [3.05, 3.63) is 63.3 Å². The Morgan fingerprint density at radius 1 is 1.09 bits per heavy atom. The second-order valence-electron chi connectivity index (χ2n) is 14.4. The molecule has 1 saturated carbocycles. The van der Waals surface area contributed by atoms with E-state index >= 15 is 0 Å². The number of methoxy groups -OCH3 is 1. The summed E-state index contributed by atoms with van der Waals surface area (Å²) in [6.45, 7) is 15.7. The predicted octanol–water partition coefficient (Wildman–Crippen LogP) is 7.25. The molecular weight excluding hydrogens is 564 g/mol. The molecule has 1 aliphatic rings. The molecule has 0 amide bonds. The molecule has 2 atom stereocenters. The van der Waals surface area contributed by atoms with E-state index in [0.717, 1.165) is 18.4 Å². The first-order chi connectivity index (χ1) is 20.0. The number of ether oxygens (including phenoxy) is 2. The fraction of sp³-hybridized carbons (Fsp3) is 0.559. The Balaban J connectivity index is 1.99. The number of esters is 1. The van der Waals surface area contributed by atoms with Gasteiger partial charge in [-0.25, -0.2) is 14.0 Å². The molecule has 2 unspecified atom stereocenters. The molecule has 9 heteroatoms. The third-order valence-corrected chi connectivity index (χ3v) is 8.94. The smallest absolute Gasteiger partial charge is 0.342 e. The van der Waals surface area contributed by atoms with Crippen LogP contribution in [0.15, 0.2) is 41.3 Å². The number of nitrogens with one attached hydrogen (secondary N) is 1. The van der Waals surface area contributed by atoms with Gasteiger partial charge in [-0.15, -0.1) is 0 Å². The highest BCUT2D eigenvalue weighted by Crippen LogP contribution is 2.50. The Morgan fingerprint density at radius 2 is 1.67 bits per heavy atom. The van der Waals surface area contributed by atoms with E-state index < -0.39 is 11.7 Å². The number of carbonyl (C=O) groups is 1. The van der Waals surface area contributed by atoms with Gasteiger partial charge >= 0.3 is 11.7 Å². The number of benzene rings is 1. The summed E-state index contributed by atoms with van der Waals surface area (Å²) in [5, 5.41) is 0.570. The van der Waals surface area contributed by atoms with E-state index in [-0.39, 0.29) is 46.0 Å². The summed E-state index contributed by atoms with van der Waals surface area (Å²) >= 11 is 6.26. The van der Waals surface area contributed by atoms with Crippen LogP contribution in [0.1, 0.15) is 77.4 Å². The first-order valence-electron chi connectivity index (χ1n) is 15.0. The predicted molar refractivity (Wildman–Crippen MR) is 173 cm³/mol. The van der Waals surface area contributed by atoms with Crippen molar-refractivity contribution >= 4 is 23.2 Å². The van der Waals surface area contributed by atoms with Gasteiger partial charge < -0.3 is 14.4 Å². The van der Waals surface area contributed by atoms with Crippen LogP contribution in [-0.4, -0.2) is 52.5 Å². The summed E-state index contributed by atoms with van der Waals surface area (Å²) in [6, 6.07) is 7.29. The maximum Gasteiger partial charge on any atom is 0.342 e. The van der Waals surface area contributed by atoms with Gasteiger partial charge in [-0.1, -0.05) is 78.3 Å². The van der Waals surface area contributed by atoms with Crippen LogP contribution in [0.3, 0.4) is 0 Å². The van der Waals surface area contributed by atoms with Gasteiger partial charge in [0.05, 0.1) is 7.11 Å². The number of aromatic nitrogens is 3. The SMILES string of the molecule is COc1nc2c(C(=O)OC3C(C(C)(C)C)CC(C)CC3C(C)(C)C)c(-c3ccc(Cl)cc3)c(CC=CN(C)C)n2c(=O)[nH]1. The van der Waals surface area contributed by atoms with E-state index in [0.29, 0.717) is 28.6 Å². The number of carbonyl (C=O) groups excluding carboxylic acids is 1. The number of aromatic amines is 1. The molecule has 2 heterocycles. The minimum atomic E-state index is -0.492. The molecule has 3 aromatic rings. The minimum absolute atomic E-state index is 0.0220. The van der Waals surface area contributed by atoms with E-state index in [1.165, 1.54) is 11.5 Å². The largest absolute Gasteiger partial charge is 0.468 e. The fourth-order valence-corrected chi connectivity index (χ4v) is 6.67. The lowest BCUT2D eigenvalue weighted by Gasteiger charge is -2.50. The topological polar surface area (TPSA) is 88.9 Å². The number of H-pyrrole nitrogens is 1. The molecule has 1 N–H and O–H groups in total. The van der Waals surface area contributed by atoms with Crippen LogP contribution in [0.25, 0.3) is 16.8 Å². The monoisotopic (exact) mass is 610 g/mol. The van der Waals surface area contributed by atoms with Gasteiger partial charge in [-0.05, 0) is 53.5 Å². The first kappa shape index (κ1) is 32.6. The van der Waals surface area contributed by atoms with Crippen molar-refractivity contribution in [2.24, 2.45) is 28.6 Å². The molecule has 8 nitrogen and oxygen atoms in total. The normalized spacial score (nSPS) is 21.4. The summed E-state index contributed by atoms with van der Waals surface area (Å²) in [5.74, 6) is 0.341. The zero-order valence-electron chi connectivity index (χ0n) is 27.2. The molecule has 234 valence electrons. The second kappa shape index (κ2) is 12.4. The van der Waals surface area contributed by atoms with Gasteiger partial charge in [-0.3, -0.25) is 4.98 Å². The van der Waals surface area contributed by atoms with Crippen LogP contribution >= 0.6 is 11.6 Å². The summed E-state index contributed by atoms with van der Waals surface area (Å²) in [4.78, 5) is 37.4. The summed E-state index contributed by atoms with van der Waals surface area (Å²) < 4.78 is 13.5. The molecule has 0 radical (unpaired) electrons. The van der Waals surface area contributed by atoms with E-state index in [9.17, 15) is 9.59 Å². The molecule has 1 fully saturated rings. The van der Waals surface area contributed by atoms with Crippen LogP contribution in [0, 0.1) is 28.6 Å². The fourth-order valence-electron chi connectivity index (χ4n) is 6.54. The van der Waals surface area contributed by atoms with E-state index in [1.54, 1.807) is 12.1 Å². The van der Waals surface area contributed by atoms with Crippen molar-refractivity contribution in [1.29, 1.82) is 0 Å². The third-order valence-electron chi connectivity index (χ3n) is 8.69. The Hall–Kier alpha value is -3.26. The van der Waals surface area contributed by atoms with Crippen LogP contribution in [0.5, 0.6) is 6.01 Å². The van der Waals surface area contributed by atoms with Crippen molar-refractivity contribution in [2.75, 3.05) is 21.2 Å². The van der Waals surface area contributed by atoms with Crippen molar-refractivity contribution in [3.8, 4) is 17.1 Å². The number of rotatable bonds is 7. The van der Waals surface area contributed by atoms with Gasteiger partial charge in [0.2, 0.25) is 0 Å². The number of halogens is 1. The number of hydrogen-bond acceptors (Lipinski definition) is 6. The number of allylic oxidation sites excluding steroid dienone is 1. The van der Waals surface area contributed by atoms with Gasteiger partial charge in [0.25, 0.3) is 6.01 Å². The van der Waals surface area contributed by atoms with Gasteiger partial charge in [-0.2, -0.15) is 4.98 Å².